The first-order chi connectivity index (χ1) is 12.7. The van der Waals surface area contributed by atoms with Crippen LogP contribution in [0.15, 0.2) is 53.4 Å². The second-order valence-corrected chi connectivity index (χ2v) is 7.20. The minimum Gasteiger partial charge on any atom is -0.452 e. The van der Waals surface area contributed by atoms with Crippen LogP contribution in [0.2, 0.25) is 0 Å². The van der Waals surface area contributed by atoms with Crippen LogP contribution in [0.1, 0.15) is 27.6 Å². The number of rotatable bonds is 7. The number of likely N-dealkylation sites (N-methyl/N-ethyl adjacent to an activating group) is 1. The molecule has 0 aliphatic rings. The molecular weight excluding hydrogens is 372 g/mol. The molecule has 0 radical (unpaired) electrons. The van der Waals surface area contributed by atoms with E-state index in [0.717, 1.165) is 0 Å². The Kier molecular flexibility index (Phi) is 6.30. The summed E-state index contributed by atoms with van der Waals surface area (Å²) in [6.07, 6.45) is 0. The molecule has 2 N–H and O–H groups in total. The van der Waals surface area contributed by atoms with Crippen LogP contribution in [0.25, 0.3) is 0 Å². The molecular formula is C18H18N2O6S. The van der Waals surface area contributed by atoms with E-state index in [1.54, 1.807) is 0 Å². The minimum atomic E-state index is -3.84. The van der Waals surface area contributed by atoms with Crippen LogP contribution in [0, 0.1) is 0 Å². The smallest absolute Gasteiger partial charge is 0.338 e. The van der Waals surface area contributed by atoms with E-state index in [1.807, 2.05) is 0 Å². The number of hydrogen-bond donors (Lipinski definition) is 2. The highest BCUT2D eigenvalue weighted by atomic mass is 32.2. The van der Waals surface area contributed by atoms with Crippen LogP contribution >= 0.6 is 0 Å². The summed E-state index contributed by atoms with van der Waals surface area (Å²) in [7, 11) is -2.42. The van der Waals surface area contributed by atoms with Gasteiger partial charge < -0.3 is 10.1 Å². The molecule has 2 aromatic rings. The van der Waals surface area contributed by atoms with E-state index in [-0.39, 0.29) is 21.9 Å². The Hall–Kier alpha value is -3.20. The summed E-state index contributed by atoms with van der Waals surface area (Å²) in [4.78, 5) is 34.1. The first kappa shape index (κ1) is 20.1. The number of sulfonamides is 1. The zero-order valence-electron chi connectivity index (χ0n) is 14.7. The standard InChI is InChI=1S/C18H18N2O6S/c1-12(21)13-5-9-16(10-6-13)27(24,25)20-15-7-3-14(4-8-15)18(23)26-11-17(22)19-2/h3-10,20H,11H2,1-2H3,(H,19,22). The quantitative estimate of drug-likeness (QED) is 0.547. The fraction of sp³-hybridized carbons (Fsp3) is 0.167. The highest BCUT2D eigenvalue weighted by molar-refractivity contribution is 7.92. The number of Topliss-reactive ketones (excluding diaryl/α,β-unsaturated/α-hetero) is 1. The zero-order valence-corrected chi connectivity index (χ0v) is 15.5. The third-order valence-electron chi connectivity index (χ3n) is 3.56. The summed E-state index contributed by atoms with van der Waals surface area (Å²) in [6.45, 7) is 0.989. The number of carbonyl (C=O) groups excluding carboxylic acids is 3. The molecule has 0 atom stereocenters. The number of hydrogen-bond acceptors (Lipinski definition) is 6. The molecule has 0 aliphatic heterocycles. The topological polar surface area (TPSA) is 119 Å². The van der Waals surface area contributed by atoms with Gasteiger partial charge in [0.25, 0.3) is 15.9 Å². The Balaban J connectivity index is 2.07. The van der Waals surface area contributed by atoms with Gasteiger partial charge in [-0.25, -0.2) is 13.2 Å². The van der Waals surface area contributed by atoms with Gasteiger partial charge in [-0.3, -0.25) is 14.3 Å². The van der Waals surface area contributed by atoms with Gasteiger partial charge in [-0.2, -0.15) is 0 Å². The Morgan fingerprint density at radius 2 is 1.48 bits per heavy atom. The fourth-order valence-corrected chi connectivity index (χ4v) is 3.10. The van der Waals surface area contributed by atoms with Gasteiger partial charge in [-0.15, -0.1) is 0 Å². The van der Waals surface area contributed by atoms with Crippen molar-refractivity contribution in [3.05, 3.63) is 59.7 Å². The van der Waals surface area contributed by atoms with Crippen LogP contribution in [0.3, 0.4) is 0 Å². The third-order valence-corrected chi connectivity index (χ3v) is 4.95. The van der Waals surface area contributed by atoms with Gasteiger partial charge in [0.2, 0.25) is 0 Å². The summed E-state index contributed by atoms with van der Waals surface area (Å²) in [5, 5.41) is 2.32. The number of anilines is 1. The number of nitrogens with one attached hydrogen (secondary N) is 2. The summed E-state index contributed by atoms with van der Waals surface area (Å²) in [5.74, 6) is -1.30. The van der Waals surface area contributed by atoms with E-state index in [9.17, 15) is 22.8 Å². The lowest BCUT2D eigenvalue weighted by molar-refractivity contribution is -0.123. The molecule has 2 aromatic carbocycles. The van der Waals surface area contributed by atoms with E-state index in [2.05, 4.69) is 10.0 Å². The molecule has 1 amide bonds. The van der Waals surface area contributed by atoms with Crippen molar-refractivity contribution in [1.82, 2.24) is 5.32 Å². The Morgan fingerprint density at radius 3 is 2.00 bits per heavy atom. The van der Waals surface area contributed by atoms with E-state index < -0.39 is 28.5 Å². The first-order valence-electron chi connectivity index (χ1n) is 7.84. The maximum Gasteiger partial charge on any atom is 0.338 e. The van der Waals surface area contributed by atoms with Crippen molar-refractivity contribution in [3.63, 3.8) is 0 Å². The summed E-state index contributed by atoms with van der Waals surface area (Å²) in [6, 6.07) is 11.1. The predicted octanol–water partition coefficient (Wildman–Crippen LogP) is 1.59. The average molecular weight is 390 g/mol. The molecule has 0 aliphatic carbocycles. The van der Waals surface area contributed by atoms with Gasteiger partial charge in [-0.1, -0.05) is 12.1 Å². The van der Waals surface area contributed by atoms with Gasteiger partial charge in [0, 0.05) is 18.3 Å². The minimum absolute atomic E-state index is 0.00145. The Morgan fingerprint density at radius 1 is 0.926 bits per heavy atom. The molecule has 2 rings (SSSR count). The molecule has 9 heteroatoms. The molecule has 0 unspecified atom stereocenters. The second-order valence-electron chi connectivity index (χ2n) is 5.51. The molecule has 0 aromatic heterocycles. The van der Waals surface area contributed by atoms with Crippen LogP contribution in [0.4, 0.5) is 5.69 Å². The van der Waals surface area contributed by atoms with Crippen molar-refractivity contribution in [2.45, 2.75) is 11.8 Å². The molecule has 0 heterocycles. The van der Waals surface area contributed by atoms with Crippen molar-refractivity contribution < 1.29 is 27.5 Å². The molecule has 0 spiro atoms. The number of benzene rings is 2. The third kappa shape index (κ3) is 5.38. The fourth-order valence-electron chi connectivity index (χ4n) is 2.04. The summed E-state index contributed by atoms with van der Waals surface area (Å²) < 4.78 is 31.9. The monoisotopic (exact) mass is 390 g/mol. The highest BCUT2D eigenvalue weighted by Gasteiger charge is 2.15. The van der Waals surface area contributed by atoms with Crippen molar-refractivity contribution in [2.75, 3.05) is 18.4 Å². The lowest BCUT2D eigenvalue weighted by atomic mass is 10.2. The molecule has 0 saturated heterocycles. The van der Waals surface area contributed by atoms with Crippen LogP contribution in [-0.4, -0.2) is 39.7 Å². The normalized spacial score (nSPS) is 10.7. The van der Waals surface area contributed by atoms with Crippen molar-refractivity contribution in [3.8, 4) is 0 Å². The number of ether oxygens (including phenoxy) is 1. The maximum atomic E-state index is 12.4. The van der Waals surface area contributed by atoms with Crippen molar-refractivity contribution in [1.29, 1.82) is 0 Å². The van der Waals surface area contributed by atoms with E-state index >= 15 is 0 Å². The molecule has 142 valence electrons. The Labute approximate surface area is 156 Å². The van der Waals surface area contributed by atoms with Gasteiger partial charge in [0.05, 0.1) is 10.5 Å². The van der Waals surface area contributed by atoms with Crippen molar-refractivity contribution in [2.24, 2.45) is 0 Å². The largest absolute Gasteiger partial charge is 0.452 e. The lowest BCUT2D eigenvalue weighted by Gasteiger charge is -2.09. The van der Waals surface area contributed by atoms with E-state index in [1.165, 1.54) is 62.5 Å². The number of amides is 1. The van der Waals surface area contributed by atoms with Crippen LogP contribution < -0.4 is 10.0 Å². The molecule has 0 saturated carbocycles. The number of carbonyl (C=O) groups is 3. The van der Waals surface area contributed by atoms with Gasteiger partial charge in [-0.05, 0) is 43.3 Å². The zero-order chi connectivity index (χ0) is 20.0. The molecule has 27 heavy (non-hydrogen) atoms. The first-order valence-corrected chi connectivity index (χ1v) is 9.33. The van der Waals surface area contributed by atoms with E-state index in [4.69, 9.17) is 4.74 Å². The SMILES string of the molecule is CNC(=O)COC(=O)c1ccc(NS(=O)(=O)c2ccc(C(C)=O)cc2)cc1. The summed E-state index contributed by atoms with van der Waals surface area (Å²) in [5.41, 5.74) is 0.828. The predicted molar refractivity (Wildman–Crippen MR) is 98.0 cm³/mol. The lowest BCUT2D eigenvalue weighted by Crippen LogP contribution is -2.25. The number of esters is 1. The summed E-state index contributed by atoms with van der Waals surface area (Å²) >= 11 is 0. The number of ketones is 1. The van der Waals surface area contributed by atoms with Crippen LogP contribution in [0.5, 0.6) is 0 Å². The van der Waals surface area contributed by atoms with Gasteiger partial charge >= 0.3 is 5.97 Å². The maximum absolute atomic E-state index is 12.4. The second kappa shape index (κ2) is 8.45. The highest BCUT2D eigenvalue weighted by Crippen LogP contribution is 2.18. The molecule has 0 bridgehead atoms. The van der Waals surface area contributed by atoms with E-state index in [0.29, 0.717) is 5.56 Å². The molecule has 0 fully saturated rings. The Bertz CT molecular complexity index is 950. The molecule has 8 nitrogen and oxygen atoms in total. The average Bonchev–Trinajstić information content (AvgIpc) is 2.66. The van der Waals surface area contributed by atoms with Crippen LogP contribution in [-0.2, 0) is 19.6 Å². The van der Waals surface area contributed by atoms with Gasteiger partial charge in [0.15, 0.2) is 12.4 Å². The van der Waals surface area contributed by atoms with Gasteiger partial charge in [0.1, 0.15) is 0 Å². The van der Waals surface area contributed by atoms with Crippen molar-refractivity contribution >= 4 is 33.4 Å².